The van der Waals surface area contributed by atoms with E-state index in [0.717, 1.165) is 5.56 Å². The van der Waals surface area contributed by atoms with E-state index in [0.29, 0.717) is 22.9 Å². The molecular formula is C18H19ClO4. The van der Waals surface area contributed by atoms with Crippen LogP contribution >= 0.6 is 11.6 Å². The van der Waals surface area contributed by atoms with Gasteiger partial charge in [-0.1, -0.05) is 29.8 Å². The van der Waals surface area contributed by atoms with Crippen molar-refractivity contribution in [2.24, 2.45) is 0 Å². The van der Waals surface area contributed by atoms with Crippen molar-refractivity contribution < 1.29 is 19.4 Å². The molecule has 0 radical (unpaired) electrons. The summed E-state index contributed by atoms with van der Waals surface area (Å²) in [5.74, 6) is 0.935. The molecule has 0 saturated carbocycles. The summed E-state index contributed by atoms with van der Waals surface area (Å²) in [4.78, 5) is 10.8. The Kier molecular flexibility index (Phi) is 5.64. The number of hydrogen-bond acceptors (Lipinski definition) is 4. The first kappa shape index (κ1) is 17.3. The third-order valence-electron chi connectivity index (χ3n) is 3.40. The average molecular weight is 335 g/mol. The normalized spacial score (nSPS) is 13.2. The van der Waals surface area contributed by atoms with E-state index in [1.807, 2.05) is 12.1 Å². The Morgan fingerprint density at radius 1 is 1.17 bits per heavy atom. The van der Waals surface area contributed by atoms with Crippen LogP contribution in [0.25, 0.3) is 0 Å². The van der Waals surface area contributed by atoms with Gasteiger partial charge in [-0.3, -0.25) is 4.79 Å². The van der Waals surface area contributed by atoms with E-state index in [-0.39, 0.29) is 12.6 Å². The van der Waals surface area contributed by atoms with Crippen LogP contribution in [0.4, 0.5) is 0 Å². The minimum Gasteiger partial charge on any atom is -0.466 e. The molecule has 0 aliphatic carbocycles. The number of aliphatic hydroxyl groups is 1. The van der Waals surface area contributed by atoms with Crippen LogP contribution in [0, 0.1) is 0 Å². The molecule has 2 rings (SSSR count). The average Bonchev–Trinajstić information content (AvgIpc) is 2.47. The van der Waals surface area contributed by atoms with E-state index in [4.69, 9.17) is 21.1 Å². The number of carbonyl (C=O) groups excluding carboxylic acids is 1. The first-order chi connectivity index (χ1) is 10.9. The molecule has 0 heterocycles. The second kappa shape index (κ2) is 7.49. The van der Waals surface area contributed by atoms with Gasteiger partial charge in [0.15, 0.2) is 0 Å². The maximum Gasteiger partial charge on any atom is 0.302 e. The van der Waals surface area contributed by atoms with Gasteiger partial charge in [0, 0.05) is 18.4 Å². The monoisotopic (exact) mass is 334 g/mol. The molecule has 122 valence electrons. The lowest BCUT2D eigenvalue weighted by Crippen LogP contribution is -2.23. The maximum atomic E-state index is 10.8. The summed E-state index contributed by atoms with van der Waals surface area (Å²) < 4.78 is 10.6. The van der Waals surface area contributed by atoms with Gasteiger partial charge in [-0.15, -0.1) is 0 Å². The van der Waals surface area contributed by atoms with Crippen LogP contribution in [0.3, 0.4) is 0 Å². The van der Waals surface area contributed by atoms with Crippen LogP contribution in [-0.2, 0) is 15.1 Å². The number of benzene rings is 2. The van der Waals surface area contributed by atoms with Crippen molar-refractivity contribution in [3.63, 3.8) is 0 Å². The Balaban J connectivity index is 2.02. The Morgan fingerprint density at radius 3 is 2.48 bits per heavy atom. The third-order valence-corrected chi connectivity index (χ3v) is 3.64. The van der Waals surface area contributed by atoms with Crippen LogP contribution in [0.2, 0.25) is 5.02 Å². The molecule has 2 aromatic carbocycles. The molecule has 1 N–H and O–H groups in total. The quantitative estimate of drug-likeness (QED) is 0.800. The zero-order valence-electron chi connectivity index (χ0n) is 13.1. The van der Waals surface area contributed by atoms with Crippen LogP contribution in [0.1, 0.15) is 25.8 Å². The fourth-order valence-corrected chi connectivity index (χ4v) is 2.27. The highest BCUT2D eigenvalue weighted by atomic mass is 35.5. The Morgan fingerprint density at radius 2 is 1.87 bits per heavy atom. The molecule has 0 bridgehead atoms. The number of rotatable bonds is 6. The van der Waals surface area contributed by atoms with E-state index < -0.39 is 5.60 Å². The number of ether oxygens (including phenoxy) is 2. The smallest absolute Gasteiger partial charge is 0.302 e. The van der Waals surface area contributed by atoms with Gasteiger partial charge in [-0.05, 0) is 42.8 Å². The minimum atomic E-state index is -1.08. The van der Waals surface area contributed by atoms with Crippen molar-refractivity contribution >= 4 is 17.6 Å². The highest BCUT2D eigenvalue weighted by molar-refractivity contribution is 6.30. The third kappa shape index (κ3) is 5.27. The molecule has 0 aromatic heterocycles. The van der Waals surface area contributed by atoms with Gasteiger partial charge in [-0.2, -0.15) is 0 Å². The molecule has 0 saturated heterocycles. The number of hydrogen-bond donors (Lipinski definition) is 1. The number of esters is 1. The molecule has 1 atom stereocenters. The fraction of sp³-hybridized carbons (Fsp3) is 0.278. The maximum absolute atomic E-state index is 10.8. The lowest BCUT2D eigenvalue weighted by molar-refractivity contribution is -0.142. The van der Waals surface area contributed by atoms with Crippen molar-refractivity contribution in [1.29, 1.82) is 0 Å². The Labute approximate surface area is 140 Å². The summed E-state index contributed by atoms with van der Waals surface area (Å²) >= 11 is 5.92. The predicted octanol–water partition coefficient (Wildman–Crippen LogP) is 4.29. The Hall–Kier alpha value is -2.04. The summed E-state index contributed by atoms with van der Waals surface area (Å²) in [6.07, 6.45) is 0.321. The molecule has 2 aromatic rings. The van der Waals surface area contributed by atoms with E-state index in [1.165, 1.54) is 6.92 Å². The van der Waals surface area contributed by atoms with Gasteiger partial charge in [-0.25, -0.2) is 0 Å². The second-order valence-corrected chi connectivity index (χ2v) is 5.88. The van der Waals surface area contributed by atoms with E-state index in [2.05, 4.69) is 0 Å². The lowest BCUT2D eigenvalue weighted by Gasteiger charge is -2.23. The molecule has 5 heteroatoms. The number of carbonyl (C=O) groups is 1. The van der Waals surface area contributed by atoms with Gasteiger partial charge in [0.1, 0.15) is 11.5 Å². The van der Waals surface area contributed by atoms with Gasteiger partial charge in [0.2, 0.25) is 0 Å². The van der Waals surface area contributed by atoms with Crippen molar-refractivity contribution in [3.8, 4) is 11.5 Å². The van der Waals surface area contributed by atoms with Crippen LogP contribution in [0.15, 0.2) is 48.5 Å². The predicted molar refractivity (Wildman–Crippen MR) is 88.8 cm³/mol. The summed E-state index contributed by atoms with van der Waals surface area (Å²) in [7, 11) is 0. The molecule has 0 aliphatic heterocycles. The highest BCUT2D eigenvalue weighted by Crippen LogP contribution is 2.29. The van der Waals surface area contributed by atoms with Gasteiger partial charge >= 0.3 is 5.97 Å². The lowest BCUT2D eigenvalue weighted by atomic mass is 9.93. The van der Waals surface area contributed by atoms with Crippen LogP contribution in [0.5, 0.6) is 11.5 Å². The van der Waals surface area contributed by atoms with Crippen molar-refractivity contribution in [1.82, 2.24) is 0 Å². The van der Waals surface area contributed by atoms with Crippen molar-refractivity contribution in [2.45, 2.75) is 25.9 Å². The summed E-state index contributed by atoms with van der Waals surface area (Å²) in [5, 5.41) is 11.1. The van der Waals surface area contributed by atoms with Gasteiger partial charge in [0.25, 0.3) is 0 Å². The topological polar surface area (TPSA) is 55.8 Å². The highest BCUT2D eigenvalue weighted by Gasteiger charge is 2.23. The zero-order chi connectivity index (χ0) is 16.9. The zero-order valence-corrected chi connectivity index (χ0v) is 13.8. The van der Waals surface area contributed by atoms with Gasteiger partial charge < -0.3 is 14.6 Å². The summed E-state index contributed by atoms with van der Waals surface area (Å²) in [6, 6.07) is 14.2. The largest absolute Gasteiger partial charge is 0.466 e. The Bertz CT molecular complexity index is 665. The molecule has 1 unspecified atom stereocenters. The second-order valence-electron chi connectivity index (χ2n) is 5.45. The molecule has 0 aliphatic rings. The first-order valence-corrected chi connectivity index (χ1v) is 7.64. The van der Waals surface area contributed by atoms with Crippen LogP contribution in [-0.4, -0.2) is 17.7 Å². The van der Waals surface area contributed by atoms with E-state index in [1.54, 1.807) is 43.3 Å². The van der Waals surface area contributed by atoms with Crippen molar-refractivity contribution in [2.75, 3.05) is 6.61 Å². The van der Waals surface area contributed by atoms with E-state index >= 15 is 0 Å². The molecule has 0 amide bonds. The molecule has 0 spiro atoms. The molecule has 23 heavy (non-hydrogen) atoms. The van der Waals surface area contributed by atoms with E-state index in [9.17, 15) is 9.90 Å². The minimum absolute atomic E-state index is 0.170. The SMILES string of the molecule is CC(=O)OCCC(C)(O)c1ccc(Oc2cccc(Cl)c2)cc1. The molecule has 4 nitrogen and oxygen atoms in total. The van der Waals surface area contributed by atoms with Crippen LogP contribution < -0.4 is 4.74 Å². The summed E-state index contributed by atoms with van der Waals surface area (Å²) in [6.45, 7) is 3.20. The molecule has 0 fully saturated rings. The number of halogens is 1. The van der Waals surface area contributed by atoms with Crippen molar-refractivity contribution in [3.05, 3.63) is 59.1 Å². The standard InChI is InChI=1S/C18H19ClO4/c1-13(20)22-11-10-18(2,21)14-6-8-16(9-7-14)23-17-5-3-4-15(19)12-17/h3-9,12,21H,10-11H2,1-2H3. The summed E-state index contributed by atoms with van der Waals surface area (Å²) in [5.41, 5.74) is -0.354. The molecular weight excluding hydrogens is 316 g/mol. The fourth-order valence-electron chi connectivity index (χ4n) is 2.09. The van der Waals surface area contributed by atoms with Gasteiger partial charge in [0.05, 0.1) is 12.2 Å². The first-order valence-electron chi connectivity index (χ1n) is 7.26.